The molecule has 0 aromatic heterocycles. The van der Waals surface area contributed by atoms with Crippen LogP contribution in [0.25, 0.3) is 0 Å². The van der Waals surface area contributed by atoms with Gasteiger partial charge in [-0.15, -0.1) is 0 Å². The number of hydrogen-bond donors (Lipinski definition) is 2. The number of benzene rings is 1. The van der Waals surface area contributed by atoms with Gasteiger partial charge in [-0.05, 0) is 38.5 Å². The third-order valence-corrected chi connectivity index (χ3v) is 4.04. The molecule has 18 heavy (non-hydrogen) atoms. The largest absolute Gasteiger partial charge is 0.396 e. The third-order valence-electron chi connectivity index (χ3n) is 2.35. The van der Waals surface area contributed by atoms with Crippen molar-refractivity contribution in [3.8, 4) is 0 Å². The van der Waals surface area contributed by atoms with E-state index in [2.05, 4.69) is 4.72 Å². The number of aliphatic hydroxyl groups is 1. The lowest BCUT2D eigenvalue weighted by Crippen LogP contribution is -2.43. The third kappa shape index (κ3) is 3.72. The number of sulfonamides is 1. The molecule has 0 heterocycles. The van der Waals surface area contributed by atoms with E-state index in [1.807, 2.05) is 0 Å². The van der Waals surface area contributed by atoms with Gasteiger partial charge in [0.1, 0.15) is 0 Å². The van der Waals surface area contributed by atoms with Crippen LogP contribution in [0.2, 0.25) is 0 Å². The Bertz CT molecular complexity index is 529. The van der Waals surface area contributed by atoms with Crippen LogP contribution >= 0.6 is 0 Å². The molecule has 0 aliphatic carbocycles. The Hall–Kier alpha value is -1.05. The molecule has 0 saturated carbocycles. The fourth-order valence-corrected chi connectivity index (χ4v) is 2.85. The Balaban J connectivity index is 3.03. The minimum atomic E-state index is -3.95. The van der Waals surface area contributed by atoms with Gasteiger partial charge in [-0.3, -0.25) is 0 Å². The van der Waals surface area contributed by atoms with Gasteiger partial charge in [0.05, 0.1) is 4.90 Å². The van der Waals surface area contributed by atoms with E-state index < -0.39 is 27.2 Å². The van der Waals surface area contributed by atoms with Crippen molar-refractivity contribution >= 4 is 10.0 Å². The lowest BCUT2D eigenvalue weighted by atomic mass is 10.0. The molecule has 4 nitrogen and oxygen atoms in total. The topological polar surface area (TPSA) is 66.4 Å². The molecule has 1 rings (SSSR count). The van der Waals surface area contributed by atoms with Gasteiger partial charge in [0.2, 0.25) is 10.0 Å². The lowest BCUT2D eigenvalue weighted by Gasteiger charge is -2.24. The molecule has 2 N–H and O–H groups in total. The molecule has 0 saturated heterocycles. The number of rotatable bonds is 5. The number of nitrogens with one attached hydrogen (secondary N) is 1. The molecular formula is C11H15F2NO3S. The van der Waals surface area contributed by atoms with Crippen LogP contribution in [0.4, 0.5) is 8.78 Å². The zero-order chi connectivity index (χ0) is 14.0. The van der Waals surface area contributed by atoms with Crippen LogP contribution in [-0.4, -0.2) is 25.7 Å². The van der Waals surface area contributed by atoms with Gasteiger partial charge in [0.25, 0.3) is 0 Å². The minimum absolute atomic E-state index is 0.187. The summed E-state index contributed by atoms with van der Waals surface area (Å²) in [5.41, 5.74) is -0.877. The zero-order valence-corrected chi connectivity index (χ0v) is 10.9. The normalized spacial score (nSPS) is 12.7. The number of halogens is 2. The molecule has 0 atom stereocenters. The van der Waals surface area contributed by atoms with Crippen LogP contribution in [-0.2, 0) is 10.0 Å². The standard InChI is InChI=1S/C11H15F2NO3S/c1-11(2,5-6-15)14-18(16,17)8-3-4-9(12)10(13)7-8/h3-4,7,14-15H,5-6H2,1-2H3. The smallest absolute Gasteiger partial charge is 0.241 e. The van der Waals surface area contributed by atoms with Gasteiger partial charge in [-0.2, -0.15) is 0 Å². The summed E-state index contributed by atoms with van der Waals surface area (Å²) < 4.78 is 51.8. The number of aliphatic hydroxyl groups excluding tert-OH is 1. The van der Waals surface area contributed by atoms with Crippen molar-refractivity contribution in [2.45, 2.75) is 30.7 Å². The van der Waals surface area contributed by atoms with Crippen molar-refractivity contribution in [2.24, 2.45) is 0 Å². The van der Waals surface area contributed by atoms with Crippen molar-refractivity contribution in [1.82, 2.24) is 4.72 Å². The summed E-state index contributed by atoms with van der Waals surface area (Å²) in [5.74, 6) is -2.33. The molecule has 0 spiro atoms. The first kappa shape index (κ1) is 15.0. The van der Waals surface area contributed by atoms with Crippen molar-refractivity contribution in [1.29, 1.82) is 0 Å². The first-order valence-electron chi connectivity index (χ1n) is 5.28. The van der Waals surface area contributed by atoms with Crippen molar-refractivity contribution in [2.75, 3.05) is 6.61 Å². The van der Waals surface area contributed by atoms with E-state index in [0.29, 0.717) is 6.07 Å². The fourth-order valence-electron chi connectivity index (χ4n) is 1.40. The summed E-state index contributed by atoms with van der Waals surface area (Å²) >= 11 is 0. The predicted molar refractivity (Wildman–Crippen MR) is 62.5 cm³/mol. The summed E-state index contributed by atoms with van der Waals surface area (Å²) in [7, 11) is -3.95. The molecule has 1 aromatic rings. The zero-order valence-electron chi connectivity index (χ0n) is 10.1. The van der Waals surface area contributed by atoms with Gasteiger partial charge in [-0.25, -0.2) is 21.9 Å². The molecule has 0 amide bonds. The molecular weight excluding hydrogens is 264 g/mol. The van der Waals surface area contributed by atoms with E-state index in [4.69, 9.17) is 5.11 Å². The highest BCUT2D eigenvalue weighted by molar-refractivity contribution is 7.89. The average molecular weight is 279 g/mol. The second-order valence-corrected chi connectivity index (χ2v) is 6.22. The van der Waals surface area contributed by atoms with Crippen LogP contribution in [0.15, 0.2) is 23.1 Å². The molecule has 1 aromatic carbocycles. The Morgan fingerprint density at radius 2 is 1.89 bits per heavy atom. The molecule has 0 bridgehead atoms. The summed E-state index contributed by atoms with van der Waals surface area (Å²) in [6.45, 7) is 2.98. The van der Waals surface area contributed by atoms with Crippen LogP contribution in [0, 0.1) is 11.6 Å². The van der Waals surface area contributed by atoms with Gasteiger partial charge < -0.3 is 5.11 Å². The van der Waals surface area contributed by atoms with Gasteiger partial charge >= 0.3 is 0 Å². The van der Waals surface area contributed by atoms with Crippen molar-refractivity contribution in [3.63, 3.8) is 0 Å². The molecule has 102 valence electrons. The second kappa shape index (κ2) is 5.29. The van der Waals surface area contributed by atoms with Crippen LogP contribution < -0.4 is 4.72 Å². The monoisotopic (exact) mass is 279 g/mol. The first-order chi connectivity index (χ1) is 8.18. The van der Waals surface area contributed by atoms with Crippen LogP contribution in [0.1, 0.15) is 20.3 Å². The highest BCUT2D eigenvalue weighted by Crippen LogP contribution is 2.17. The van der Waals surface area contributed by atoms with Gasteiger partial charge in [0.15, 0.2) is 11.6 Å². The summed E-state index contributed by atoms with van der Waals surface area (Å²) in [6.07, 6.45) is 0.204. The van der Waals surface area contributed by atoms with Crippen LogP contribution in [0.3, 0.4) is 0 Å². The first-order valence-corrected chi connectivity index (χ1v) is 6.76. The Morgan fingerprint density at radius 3 is 2.39 bits per heavy atom. The molecule has 0 unspecified atom stereocenters. The van der Waals surface area contributed by atoms with Crippen LogP contribution in [0.5, 0.6) is 0 Å². The van der Waals surface area contributed by atoms with E-state index in [0.717, 1.165) is 12.1 Å². The van der Waals surface area contributed by atoms with E-state index >= 15 is 0 Å². The van der Waals surface area contributed by atoms with Crippen molar-refractivity contribution < 1.29 is 22.3 Å². The maximum Gasteiger partial charge on any atom is 0.241 e. The Kier molecular flexibility index (Phi) is 4.41. The number of hydrogen-bond acceptors (Lipinski definition) is 3. The van der Waals surface area contributed by atoms with Gasteiger partial charge in [-0.1, -0.05) is 0 Å². The Labute approximate surface area is 105 Å². The quantitative estimate of drug-likeness (QED) is 0.856. The summed E-state index contributed by atoms with van der Waals surface area (Å²) in [6, 6.07) is 2.35. The fraction of sp³-hybridized carbons (Fsp3) is 0.455. The molecule has 0 aliphatic rings. The van der Waals surface area contributed by atoms with E-state index in [1.165, 1.54) is 0 Å². The summed E-state index contributed by atoms with van der Waals surface area (Å²) in [5, 5.41) is 8.81. The maximum absolute atomic E-state index is 13.0. The molecule has 7 heteroatoms. The second-order valence-electron chi connectivity index (χ2n) is 4.54. The molecule has 0 aliphatic heterocycles. The van der Waals surface area contributed by atoms with Gasteiger partial charge in [0, 0.05) is 12.1 Å². The molecule has 0 radical (unpaired) electrons. The molecule has 0 fully saturated rings. The van der Waals surface area contributed by atoms with E-state index in [1.54, 1.807) is 13.8 Å². The SMILES string of the molecule is CC(C)(CCO)NS(=O)(=O)c1ccc(F)c(F)c1. The highest BCUT2D eigenvalue weighted by Gasteiger charge is 2.26. The van der Waals surface area contributed by atoms with Crippen molar-refractivity contribution in [3.05, 3.63) is 29.8 Å². The maximum atomic E-state index is 13.0. The van der Waals surface area contributed by atoms with E-state index in [-0.39, 0.29) is 17.9 Å². The lowest BCUT2D eigenvalue weighted by molar-refractivity contribution is 0.245. The summed E-state index contributed by atoms with van der Waals surface area (Å²) in [4.78, 5) is -0.354. The Morgan fingerprint density at radius 1 is 1.28 bits per heavy atom. The average Bonchev–Trinajstić information content (AvgIpc) is 2.20. The highest BCUT2D eigenvalue weighted by atomic mass is 32.2. The van der Waals surface area contributed by atoms with E-state index in [9.17, 15) is 17.2 Å². The minimum Gasteiger partial charge on any atom is -0.396 e. The predicted octanol–water partition coefficient (Wildman–Crippen LogP) is 1.40.